The molecule has 0 heteroatoms. The molecular weight excluding hydrogens is 553 g/mol. The lowest BCUT2D eigenvalue weighted by molar-refractivity contribution is 0.317. The molecule has 0 radical (unpaired) electrons. The van der Waals surface area contributed by atoms with Crippen molar-refractivity contribution in [3.05, 3.63) is 34.9 Å². The Bertz CT molecular complexity index is 771. The van der Waals surface area contributed by atoms with Crippen LogP contribution in [-0.2, 0) is 0 Å². The summed E-state index contributed by atoms with van der Waals surface area (Å²) in [6.45, 7) is 43.8. The topological polar surface area (TPSA) is 0 Å². The third kappa shape index (κ3) is 47.6. The van der Waals surface area contributed by atoms with Gasteiger partial charge in [0, 0.05) is 0 Å². The smallest absolute Gasteiger partial charge is 0.0288 e. The van der Waals surface area contributed by atoms with Gasteiger partial charge in [-0.2, -0.15) is 0 Å². The van der Waals surface area contributed by atoms with Crippen molar-refractivity contribution in [1.29, 1.82) is 0 Å². The van der Waals surface area contributed by atoms with Crippen LogP contribution in [0.2, 0.25) is 0 Å². The first-order valence-electron chi connectivity index (χ1n) is 19.7. The van der Waals surface area contributed by atoms with E-state index in [1.165, 1.54) is 107 Å². The minimum Gasteiger partial charge on any atom is -0.0859 e. The molecule has 0 nitrogen and oxygen atoms in total. The van der Waals surface area contributed by atoms with Gasteiger partial charge in [-0.1, -0.05) is 164 Å². The summed E-state index contributed by atoms with van der Waals surface area (Å²) in [7, 11) is 0. The molecule has 0 aliphatic carbocycles. The Hall–Kier alpha value is -0.780. The Labute approximate surface area is 295 Å². The molecule has 276 valence electrons. The maximum Gasteiger partial charge on any atom is -0.0288 e. The molecule has 0 aromatic carbocycles. The molecule has 0 saturated heterocycles. The fourth-order valence-corrected chi connectivity index (χ4v) is 5.88. The second-order valence-corrected chi connectivity index (χ2v) is 19.9. The molecular formula is C46H92. The highest BCUT2D eigenvalue weighted by Gasteiger charge is 2.13. The number of hydrogen-bond acceptors (Lipinski definition) is 0. The van der Waals surface area contributed by atoms with Gasteiger partial charge >= 0.3 is 0 Å². The van der Waals surface area contributed by atoms with Crippen LogP contribution in [0.4, 0.5) is 0 Å². The lowest BCUT2D eigenvalue weighted by Gasteiger charge is -2.21. The van der Waals surface area contributed by atoms with Gasteiger partial charge in [0.2, 0.25) is 0 Å². The molecule has 0 aliphatic heterocycles. The van der Waals surface area contributed by atoms with Crippen LogP contribution in [0.15, 0.2) is 34.9 Å². The summed E-state index contributed by atoms with van der Waals surface area (Å²) in [5.74, 6) is 3.60. The summed E-state index contributed by atoms with van der Waals surface area (Å²) >= 11 is 0. The first-order valence-corrected chi connectivity index (χ1v) is 19.7. The third-order valence-electron chi connectivity index (χ3n) is 8.62. The average molecular weight is 645 g/mol. The van der Waals surface area contributed by atoms with E-state index in [-0.39, 0.29) is 0 Å². The maximum atomic E-state index is 2.46. The average Bonchev–Trinajstić information content (AvgIpc) is 2.81. The van der Waals surface area contributed by atoms with Crippen LogP contribution in [0.5, 0.6) is 0 Å². The van der Waals surface area contributed by atoms with E-state index in [2.05, 4.69) is 150 Å². The second kappa shape index (κ2) is 27.1. The van der Waals surface area contributed by atoms with E-state index in [1.807, 2.05) is 0 Å². The zero-order chi connectivity index (χ0) is 36.6. The molecule has 0 bridgehead atoms. The zero-order valence-corrected chi connectivity index (χ0v) is 35.9. The summed E-state index contributed by atoms with van der Waals surface area (Å²) < 4.78 is 0. The fourth-order valence-electron chi connectivity index (χ4n) is 5.88. The van der Waals surface area contributed by atoms with Crippen LogP contribution in [0.1, 0.15) is 221 Å². The van der Waals surface area contributed by atoms with Gasteiger partial charge in [-0.25, -0.2) is 0 Å². The van der Waals surface area contributed by atoms with Crippen molar-refractivity contribution in [3.63, 3.8) is 0 Å². The van der Waals surface area contributed by atoms with Gasteiger partial charge in [0.05, 0.1) is 0 Å². The van der Waals surface area contributed by atoms with E-state index < -0.39 is 0 Å². The van der Waals surface area contributed by atoms with Crippen molar-refractivity contribution in [1.82, 2.24) is 0 Å². The van der Waals surface area contributed by atoms with E-state index in [0.29, 0.717) is 16.2 Å². The Morgan fingerprint density at radius 1 is 0.457 bits per heavy atom. The minimum atomic E-state index is 0.469. The molecule has 0 amide bonds. The van der Waals surface area contributed by atoms with Crippen LogP contribution < -0.4 is 0 Å². The van der Waals surface area contributed by atoms with E-state index in [1.54, 1.807) is 0 Å². The molecule has 0 spiro atoms. The van der Waals surface area contributed by atoms with E-state index >= 15 is 0 Å². The van der Waals surface area contributed by atoms with Crippen molar-refractivity contribution >= 4 is 0 Å². The second-order valence-electron chi connectivity index (χ2n) is 19.9. The molecule has 0 saturated carbocycles. The molecule has 3 atom stereocenters. The van der Waals surface area contributed by atoms with Crippen LogP contribution >= 0.6 is 0 Å². The van der Waals surface area contributed by atoms with Crippen molar-refractivity contribution in [2.75, 3.05) is 0 Å². The summed E-state index contributed by atoms with van der Waals surface area (Å²) in [5, 5.41) is 0. The van der Waals surface area contributed by atoms with Gasteiger partial charge in [-0.05, 0) is 132 Å². The number of hydrogen-bond donors (Lipinski definition) is 0. The Morgan fingerprint density at radius 2 is 0.870 bits per heavy atom. The van der Waals surface area contributed by atoms with Gasteiger partial charge in [-0.3, -0.25) is 0 Å². The molecule has 0 aliphatic rings. The summed E-state index contributed by atoms with van der Waals surface area (Å²) in [4.78, 5) is 0. The summed E-state index contributed by atoms with van der Waals surface area (Å²) in [5.41, 5.74) is 5.88. The zero-order valence-electron chi connectivity index (χ0n) is 35.9. The first kappa shape index (κ1) is 49.6. The maximum absolute atomic E-state index is 2.46. The molecule has 0 heterocycles. The van der Waals surface area contributed by atoms with Crippen molar-refractivity contribution in [2.24, 2.45) is 39.9 Å². The van der Waals surface area contributed by atoms with E-state index in [4.69, 9.17) is 0 Å². The molecule has 0 aromatic rings. The molecule has 0 rings (SSSR count). The molecule has 0 N–H and O–H groups in total. The Balaban J connectivity index is -0.000000646. The van der Waals surface area contributed by atoms with Gasteiger partial charge in [0.15, 0.2) is 0 Å². The Kier molecular flexibility index (Phi) is 29.2. The third-order valence-corrected chi connectivity index (χ3v) is 8.62. The Morgan fingerprint density at radius 3 is 1.30 bits per heavy atom. The largest absolute Gasteiger partial charge is 0.0859 e. The van der Waals surface area contributed by atoms with Gasteiger partial charge in [-0.15, -0.1) is 0 Å². The molecule has 46 heavy (non-hydrogen) atoms. The lowest BCUT2D eigenvalue weighted by atomic mass is 9.85. The summed E-state index contributed by atoms with van der Waals surface area (Å²) in [6, 6.07) is 0. The lowest BCUT2D eigenvalue weighted by Crippen LogP contribution is -2.07. The monoisotopic (exact) mass is 645 g/mol. The minimum absolute atomic E-state index is 0.469. The summed E-state index contributed by atoms with van der Waals surface area (Å²) in [6.07, 6.45) is 25.8. The number of rotatable bonds is 18. The van der Waals surface area contributed by atoms with Crippen LogP contribution in [0.3, 0.4) is 0 Å². The standard InChI is InChI=1S/C21H44.C15H28.C10H20/c1-17(2)15-20(5)16-19(4)12-9-11-18(3)13-10-14-21(6,7)8;1-13(2)9-7-10-14(3)11-8-12-15(4,5)6;1-9(2)7-6-8-10(3,4)5/h17-20H,9-16H2,1-8H3;9,11H,7-8,10,12H2,1-6H3;7H,6,8H2,1-5H3/b;14-11+;. The molecule has 0 fully saturated rings. The van der Waals surface area contributed by atoms with E-state index in [9.17, 15) is 0 Å². The quantitative estimate of drug-likeness (QED) is 0.130. The normalized spacial score (nSPS) is 14.4. The first-order chi connectivity index (χ1) is 20.8. The predicted molar refractivity (Wildman–Crippen MR) is 218 cm³/mol. The van der Waals surface area contributed by atoms with Gasteiger partial charge in [0.25, 0.3) is 0 Å². The van der Waals surface area contributed by atoms with Crippen LogP contribution in [0, 0.1) is 39.9 Å². The number of allylic oxidation sites excluding steroid dienone is 6. The van der Waals surface area contributed by atoms with Crippen molar-refractivity contribution in [2.45, 2.75) is 221 Å². The highest BCUT2D eigenvalue weighted by molar-refractivity contribution is 5.02. The van der Waals surface area contributed by atoms with Gasteiger partial charge < -0.3 is 0 Å². The highest BCUT2D eigenvalue weighted by Crippen LogP contribution is 2.27. The van der Waals surface area contributed by atoms with E-state index in [0.717, 1.165) is 23.7 Å². The molecule has 3 unspecified atom stereocenters. The fraction of sp³-hybridized carbons (Fsp3) is 0.870. The van der Waals surface area contributed by atoms with Crippen LogP contribution in [0.25, 0.3) is 0 Å². The van der Waals surface area contributed by atoms with Gasteiger partial charge in [0.1, 0.15) is 0 Å². The van der Waals surface area contributed by atoms with Crippen molar-refractivity contribution in [3.8, 4) is 0 Å². The highest BCUT2D eigenvalue weighted by atomic mass is 14.2. The van der Waals surface area contributed by atoms with Crippen LogP contribution in [-0.4, -0.2) is 0 Å². The molecule has 0 aromatic heterocycles. The SMILES string of the molecule is CC(C)=CCC/C(C)=C/CCC(C)(C)C.CC(C)=CCCC(C)(C)C.CC(C)CC(C)CC(C)CCCC(C)CCCC(C)(C)C. The van der Waals surface area contributed by atoms with Crippen molar-refractivity contribution < 1.29 is 0 Å². The predicted octanol–water partition coefficient (Wildman–Crippen LogP) is 17.0.